The van der Waals surface area contributed by atoms with Crippen LogP contribution in [0.15, 0.2) is 24.7 Å². The van der Waals surface area contributed by atoms with Crippen LogP contribution in [0.4, 0.5) is 0 Å². The summed E-state index contributed by atoms with van der Waals surface area (Å²) in [7, 11) is 0. The largest absolute Gasteiger partial charge is 0.389 e. The van der Waals surface area contributed by atoms with E-state index >= 15 is 0 Å². The molecule has 2 aromatic heterocycles. The second kappa shape index (κ2) is 2.57. The van der Waals surface area contributed by atoms with Gasteiger partial charge in [0, 0.05) is 6.20 Å². The van der Waals surface area contributed by atoms with E-state index in [0.29, 0.717) is 0 Å². The second-order valence-electron chi connectivity index (χ2n) is 2.70. The maximum absolute atomic E-state index is 9.26. The number of hydrogen-bond acceptors (Lipinski definition) is 3. The van der Waals surface area contributed by atoms with E-state index in [2.05, 4.69) is 10.1 Å². The average molecular weight is 163 g/mol. The minimum absolute atomic E-state index is 0.452. The van der Waals surface area contributed by atoms with Crippen LogP contribution >= 0.6 is 0 Å². The molecule has 0 amide bonds. The highest BCUT2D eigenvalue weighted by atomic mass is 16.3. The minimum Gasteiger partial charge on any atom is -0.389 e. The third-order valence-corrected chi connectivity index (χ3v) is 1.79. The van der Waals surface area contributed by atoms with Crippen LogP contribution in [-0.2, 0) is 0 Å². The van der Waals surface area contributed by atoms with Gasteiger partial charge in [-0.3, -0.25) is 0 Å². The first-order valence-corrected chi connectivity index (χ1v) is 3.75. The number of nitrogens with zero attached hydrogens (tertiary/aromatic N) is 3. The van der Waals surface area contributed by atoms with Crippen molar-refractivity contribution in [3.63, 3.8) is 0 Å². The molecule has 0 bridgehead atoms. The molecule has 4 heteroatoms. The van der Waals surface area contributed by atoms with Gasteiger partial charge < -0.3 is 5.11 Å². The van der Waals surface area contributed by atoms with Crippen molar-refractivity contribution in [3.8, 4) is 0 Å². The Labute approximate surface area is 69.5 Å². The van der Waals surface area contributed by atoms with Gasteiger partial charge in [-0.25, -0.2) is 9.50 Å². The molecule has 1 atom stereocenters. The summed E-state index contributed by atoms with van der Waals surface area (Å²) in [5.74, 6) is 0. The quantitative estimate of drug-likeness (QED) is 0.676. The van der Waals surface area contributed by atoms with Gasteiger partial charge in [0.05, 0.1) is 6.10 Å². The van der Waals surface area contributed by atoms with Crippen LogP contribution < -0.4 is 0 Å². The van der Waals surface area contributed by atoms with Crippen molar-refractivity contribution in [1.29, 1.82) is 0 Å². The van der Waals surface area contributed by atoms with Crippen LogP contribution in [-0.4, -0.2) is 19.7 Å². The summed E-state index contributed by atoms with van der Waals surface area (Å²) < 4.78 is 1.66. The van der Waals surface area contributed by atoms with Gasteiger partial charge in [-0.1, -0.05) is 0 Å². The molecule has 4 nitrogen and oxygen atoms in total. The molecule has 0 saturated heterocycles. The van der Waals surface area contributed by atoms with Gasteiger partial charge in [-0.05, 0) is 24.6 Å². The van der Waals surface area contributed by atoms with E-state index in [1.807, 2.05) is 12.1 Å². The third-order valence-electron chi connectivity index (χ3n) is 1.79. The van der Waals surface area contributed by atoms with Crippen molar-refractivity contribution >= 4 is 5.65 Å². The first-order valence-electron chi connectivity index (χ1n) is 3.75. The zero-order chi connectivity index (χ0) is 8.55. The molecule has 62 valence electrons. The summed E-state index contributed by atoms with van der Waals surface area (Å²) in [6.07, 6.45) is 2.82. The lowest BCUT2D eigenvalue weighted by Gasteiger charge is -2.02. The standard InChI is InChI=1S/C8H9N3O/c1-6(12)7-2-3-11-8(4-7)9-5-10-11/h2-6,12H,1H3. The SMILES string of the molecule is CC(O)c1ccn2ncnc2c1. The number of fused-ring (bicyclic) bond motifs is 1. The van der Waals surface area contributed by atoms with E-state index in [1.165, 1.54) is 6.33 Å². The lowest BCUT2D eigenvalue weighted by Crippen LogP contribution is -1.93. The molecule has 0 aromatic carbocycles. The van der Waals surface area contributed by atoms with E-state index in [9.17, 15) is 5.11 Å². The van der Waals surface area contributed by atoms with E-state index in [4.69, 9.17) is 0 Å². The molecule has 0 radical (unpaired) electrons. The number of rotatable bonds is 1. The normalized spacial score (nSPS) is 13.5. The van der Waals surface area contributed by atoms with Gasteiger partial charge >= 0.3 is 0 Å². The fraction of sp³-hybridized carbons (Fsp3) is 0.250. The molecule has 1 N–H and O–H groups in total. The summed E-state index contributed by atoms with van der Waals surface area (Å²) in [5, 5.41) is 13.2. The predicted octanol–water partition coefficient (Wildman–Crippen LogP) is 0.783. The summed E-state index contributed by atoms with van der Waals surface area (Å²) in [6.45, 7) is 1.72. The highest BCUT2D eigenvalue weighted by Crippen LogP contribution is 2.12. The Hall–Kier alpha value is -1.42. The van der Waals surface area contributed by atoms with Crippen LogP contribution in [0.25, 0.3) is 5.65 Å². The van der Waals surface area contributed by atoms with Gasteiger partial charge in [-0.15, -0.1) is 0 Å². The van der Waals surface area contributed by atoms with Crippen molar-refractivity contribution in [2.75, 3.05) is 0 Å². The van der Waals surface area contributed by atoms with Gasteiger partial charge in [0.25, 0.3) is 0 Å². The van der Waals surface area contributed by atoms with Crippen LogP contribution in [0.5, 0.6) is 0 Å². The average Bonchev–Trinajstić information content (AvgIpc) is 2.49. The number of hydrogen-bond donors (Lipinski definition) is 1. The smallest absolute Gasteiger partial charge is 0.155 e. The van der Waals surface area contributed by atoms with E-state index in [-0.39, 0.29) is 0 Å². The molecule has 0 aliphatic heterocycles. The zero-order valence-electron chi connectivity index (χ0n) is 6.68. The predicted molar refractivity (Wildman–Crippen MR) is 43.6 cm³/mol. The van der Waals surface area contributed by atoms with Gasteiger partial charge in [0.2, 0.25) is 0 Å². The van der Waals surface area contributed by atoms with Crippen molar-refractivity contribution in [1.82, 2.24) is 14.6 Å². The van der Waals surface area contributed by atoms with E-state index in [0.717, 1.165) is 11.2 Å². The van der Waals surface area contributed by atoms with Crippen LogP contribution in [0.2, 0.25) is 0 Å². The summed E-state index contributed by atoms with van der Waals surface area (Å²) in [4.78, 5) is 4.00. The topological polar surface area (TPSA) is 50.4 Å². The summed E-state index contributed by atoms with van der Waals surface area (Å²) >= 11 is 0. The van der Waals surface area contributed by atoms with Crippen molar-refractivity contribution < 1.29 is 5.11 Å². The first-order chi connectivity index (χ1) is 5.77. The molecule has 0 spiro atoms. The Morgan fingerprint density at radius 3 is 3.17 bits per heavy atom. The van der Waals surface area contributed by atoms with E-state index < -0.39 is 6.10 Å². The Bertz CT molecular complexity index is 394. The molecule has 1 unspecified atom stereocenters. The van der Waals surface area contributed by atoms with Crippen LogP contribution in [0.3, 0.4) is 0 Å². The summed E-state index contributed by atoms with van der Waals surface area (Å²) in [6, 6.07) is 3.64. The molecular weight excluding hydrogens is 154 g/mol. The molecule has 2 rings (SSSR count). The van der Waals surface area contributed by atoms with Crippen molar-refractivity contribution in [3.05, 3.63) is 30.2 Å². The molecule has 2 aromatic rings. The molecule has 0 aliphatic rings. The summed E-state index contributed by atoms with van der Waals surface area (Å²) in [5.41, 5.74) is 1.61. The Morgan fingerprint density at radius 1 is 1.58 bits per heavy atom. The Balaban J connectivity index is 2.60. The first kappa shape index (κ1) is 7.24. The Morgan fingerprint density at radius 2 is 2.42 bits per heavy atom. The Kier molecular flexibility index (Phi) is 1.55. The minimum atomic E-state index is -0.452. The molecule has 2 heterocycles. The monoisotopic (exact) mass is 163 g/mol. The number of aliphatic hydroxyl groups is 1. The number of pyridine rings is 1. The van der Waals surface area contributed by atoms with Crippen LogP contribution in [0.1, 0.15) is 18.6 Å². The van der Waals surface area contributed by atoms with Gasteiger partial charge in [0.1, 0.15) is 6.33 Å². The highest BCUT2D eigenvalue weighted by molar-refractivity contribution is 5.39. The lowest BCUT2D eigenvalue weighted by molar-refractivity contribution is 0.199. The second-order valence-corrected chi connectivity index (χ2v) is 2.70. The molecule has 0 saturated carbocycles. The zero-order valence-corrected chi connectivity index (χ0v) is 6.68. The number of aliphatic hydroxyl groups excluding tert-OH is 1. The molecule has 0 fully saturated rings. The third kappa shape index (κ3) is 1.06. The number of aromatic nitrogens is 3. The fourth-order valence-electron chi connectivity index (χ4n) is 1.09. The lowest BCUT2D eigenvalue weighted by atomic mass is 10.2. The molecular formula is C8H9N3O. The van der Waals surface area contributed by atoms with E-state index in [1.54, 1.807) is 17.6 Å². The molecule has 0 aliphatic carbocycles. The molecule has 12 heavy (non-hydrogen) atoms. The maximum atomic E-state index is 9.26. The van der Waals surface area contributed by atoms with Crippen molar-refractivity contribution in [2.24, 2.45) is 0 Å². The maximum Gasteiger partial charge on any atom is 0.155 e. The van der Waals surface area contributed by atoms with Crippen LogP contribution in [0, 0.1) is 0 Å². The fourth-order valence-corrected chi connectivity index (χ4v) is 1.09. The van der Waals surface area contributed by atoms with Crippen molar-refractivity contribution in [2.45, 2.75) is 13.0 Å². The van der Waals surface area contributed by atoms with Gasteiger partial charge in [0.15, 0.2) is 5.65 Å². The highest BCUT2D eigenvalue weighted by Gasteiger charge is 2.01. The van der Waals surface area contributed by atoms with Gasteiger partial charge in [-0.2, -0.15) is 5.10 Å².